The van der Waals surface area contributed by atoms with Crippen molar-refractivity contribution in [2.45, 2.75) is 39.0 Å². The molecule has 0 N–H and O–H groups in total. The minimum atomic E-state index is -0.413. The van der Waals surface area contributed by atoms with E-state index in [0.717, 1.165) is 11.3 Å². The average Bonchev–Trinajstić information content (AvgIpc) is 3.07. The lowest BCUT2D eigenvalue weighted by atomic mass is 10.1. The van der Waals surface area contributed by atoms with Gasteiger partial charge >= 0.3 is 0 Å². The highest BCUT2D eigenvalue weighted by Gasteiger charge is 2.22. The van der Waals surface area contributed by atoms with Gasteiger partial charge in [-0.2, -0.15) is 15.8 Å². The highest BCUT2D eigenvalue weighted by molar-refractivity contribution is 5.57. The number of imidazole rings is 1. The molecule has 1 heterocycles. The molecule has 2 aromatic rings. The van der Waals surface area contributed by atoms with Crippen LogP contribution in [0.5, 0.6) is 0 Å². The van der Waals surface area contributed by atoms with Crippen LogP contribution in [0, 0.1) is 34.0 Å². The van der Waals surface area contributed by atoms with E-state index in [1.165, 1.54) is 0 Å². The standard InChI is InChI=1S/C20H21N5O2/c1-16(13-23)19-18(14-26-11-5-9-21)24-20(17-7-3-2-4-8-17)25(19)15-27-12-6-10-22/h2-4,7-8,16H,5-6,11-12,14-15H2,1H3. The zero-order chi connectivity index (χ0) is 19.5. The first-order chi connectivity index (χ1) is 13.2. The first-order valence-electron chi connectivity index (χ1n) is 8.66. The molecule has 7 nitrogen and oxygen atoms in total. The monoisotopic (exact) mass is 363 g/mol. The minimum Gasteiger partial charge on any atom is -0.374 e. The second-order valence-electron chi connectivity index (χ2n) is 5.82. The zero-order valence-corrected chi connectivity index (χ0v) is 15.3. The molecule has 7 heteroatoms. The maximum absolute atomic E-state index is 9.48. The Labute approximate surface area is 159 Å². The number of benzene rings is 1. The summed E-state index contributed by atoms with van der Waals surface area (Å²) in [5.41, 5.74) is 2.28. The Balaban J connectivity index is 2.40. The smallest absolute Gasteiger partial charge is 0.142 e. The molecule has 138 valence electrons. The Morgan fingerprint density at radius 2 is 1.70 bits per heavy atom. The summed E-state index contributed by atoms with van der Waals surface area (Å²) in [6.07, 6.45) is 0.593. The molecule has 1 aromatic carbocycles. The number of ether oxygens (including phenoxy) is 2. The second kappa shape index (κ2) is 10.7. The molecule has 0 amide bonds. The summed E-state index contributed by atoms with van der Waals surface area (Å²) in [7, 11) is 0. The average molecular weight is 363 g/mol. The van der Waals surface area contributed by atoms with Crippen molar-refractivity contribution in [3.8, 4) is 29.6 Å². The van der Waals surface area contributed by atoms with Crippen molar-refractivity contribution in [1.29, 1.82) is 15.8 Å². The molecule has 1 unspecified atom stereocenters. The lowest BCUT2D eigenvalue weighted by Crippen LogP contribution is -2.12. The second-order valence-corrected chi connectivity index (χ2v) is 5.82. The van der Waals surface area contributed by atoms with E-state index in [9.17, 15) is 5.26 Å². The van der Waals surface area contributed by atoms with Crippen LogP contribution in [0.2, 0.25) is 0 Å². The number of nitriles is 3. The molecule has 0 aliphatic rings. The molecule has 0 fully saturated rings. The van der Waals surface area contributed by atoms with Crippen LogP contribution < -0.4 is 0 Å². The normalized spacial score (nSPS) is 11.3. The van der Waals surface area contributed by atoms with Crippen LogP contribution in [0.4, 0.5) is 0 Å². The molecular formula is C20H21N5O2. The zero-order valence-electron chi connectivity index (χ0n) is 15.3. The third kappa shape index (κ3) is 5.39. The van der Waals surface area contributed by atoms with E-state index in [4.69, 9.17) is 25.0 Å². The lowest BCUT2D eigenvalue weighted by molar-refractivity contribution is 0.0798. The summed E-state index contributed by atoms with van der Waals surface area (Å²) >= 11 is 0. The number of hydrogen-bond donors (Lipinski definition) is 0. The fourth-order valence-corrected chi connectivity index (χ4v) is 2.66. The SMILES string of the molecule is CC(C#N)c1c(COCCC#N)nc(-c2ccccc2)n1COCCC#N. The lowest BCUT2D eigenvalue weighted by Gasteiger charge is -2.14. The van der Waals surface area contributed by atoms with Gasteiger partial charge < -0.3 is 14.0 Å². The van der Waals surface area contributed by atoms with Gasteiger partial charge in [-0.25, -0.2) is 4.98 Å². The Morgan fingerprint density at radius 1 is 1.04 bits per heavy atom. The molecule has 0 aliphatic carbocycles. The number of rotatable bonds is 10. The van der Waals surface area contributed by atoms with Gasteiger partial charge in [-0.3, -0.25) is 0 Å². The molecule has 0 aliphatic heterocycles. The van der Waals surface area contributed by atoms with E-state index in [2.05, 4.69) is 6.07 Å². The molecule has 0 bridgehead atoms. The van der Waals surface area contributed by atoms with Crippen molar-refractivity contribution in [3.05, 3.63) is 41.7 Å². The molecular weight excluding hydrogens is 342 g/mol. The van der Waals surface area contributed by atoms with E-state index in [0.29, 0.717) is 37.6 Å². The van der Waals surface area contributed by atoms with Crippen molar-refractivity contribution in [1.82, 2.24) is 9.55 Å². The summed E-state index contributed by atoms with van der Waals surface area (Å²) < 4.78 is 13.0. The molecule has 0 spiro atoms. The highest BCUT2D eigenvalue weighted by atomic mass is 16.5. The summed E-state index contributed by atoms with van der Waals surface area (Å²) in [6, 6.07) is 16.0. The van der Waals surface area contributed by atoms with Crippen molar-refractivity contribution in [2.24, 2.45) is 0 Å². The molecule has 1 aromatic heterocycles. The number of aromatic nitrogens is 2. The van der Waals surface area contributed by atoms with Crippen molar-refractivity contribution in [2.75, 3.05) is 13.2 Å². The Morgan fingerprint density at radius 3 is 2.33 bits per heavy atom. The quantitative estimate of drug-likeness (QED) is 0.598. The van der Waals surface area contributed by atoms with E-state index in [-0.39, 0.29) is 13.3 Å². The van der Waals surface area contributed by atoms with Gasteiger partial charge in [0, 0.05) is 5.56 Å². The Kier molecular flexibility index (Phi) is 8.00. The van der Waals surface area contributed by atoms with Crippen molar-refractivity contribution >= 4 is 0 Å². The van der Waals surface area contributed by atoms with Gasteiger partial charge in [0.15, 0.2) is 0 Å². The van der Waals surface area contributed by atoms with Gasteiger partial charge in [0.05, 0.1) is 68.2 Å². The van der Waals surface area contributed by atoms with Gasteiger partial charge in [0.2, 0.25) is 0 Å². The van der Waals surface area contributed by atoms with E-state index in [1.54, 1.807) is 6.92 Å². The minimum absolute atomic E-state index is 0.193. The third-order valence-corrected chi connectivity index (χ3v) is 3.89. The summed E-state index contributed by atoms with van der Waals surface area (Å²) in [5.74, 6) is 0.271. The first kappa shape index (κ1) is 20.1. The summed E-state index contributed by atoms with van der Waals surface area (Å²) in [6.45, 7) is 2.82. The molecule has 0 saturated carbocycles. The van der Waals surface area contributed by atoms with Crippen LogP contribution in [0.25, 0.3) is 11.4 Å². The molecule has 0 saturated heterocycles. The van der Waals surface area contributed by atoms with Crippen molar-refractivity contribution in [3.63, 3.8) is 0 Å². The molecule has 27 heavy (non-hydrogen) atoms. The van der Waals surface area contributed by atoms with Crippen molar-refractivity contribution < 1.29 is 9.47 Å². The van der Waals surface area contributed by atoms with Gasteiger partial charge in [0.1, 0.15) is 12.6 Å². The van der Waals surface area contributed by atoms with Crippen LogP contribution in [0.1, 0.15) is 37.1 Å². The third-order valence-electron chi connectivity index (χ3n) is 3.89. The van der Waals surface area contributed by atoms with Gasteiger partial charge in [-0.1, -0.05) is 30.3 Å². The van der Waals surface area contributed by atoms with Crippen LogP contribution in [0.3, 0.4) is 0 Å². The van der Waals surface area contributed by atoms with E-state index >= 15 is 0 Å². The van der Waals surface area contributed by atoms with Gasteiger partial charge in [0.25, 0.3) is 0 Å². The molecule has 1 atom stereocenters. The summed E-state index contributed by atoms with van der Waals surface area (Å²) in [5, 5.41) is 26.8. The van der Waals surface area contributed by atoms with Crippen LogP contribution in [-0.4, -0.2) is 22.8 Å². The van der Waals surface area contributed by atoms with Gasteiger partial charge in [-0.15, -0.1) is 0 Å². The number of hydrogen-bond acceptors (Lipinski definition) is 6. The largest absolute Gasteiger partial charge is 0.374 e. The molecule has 2 rings (SSSR count). The topological polar surface area (TPSA) is 108 Å². The van der Waals surface area contributed by atoms with Gasteiger partial charge in [-0.05, 0) is 6.92 Å². The number of nitrogens with zero attached hydrogens (tertiary/aromatic N) is 5. The molecule has 0 radical (unpaired) electrons. The maximum Gasteiger partial charge on any atom is 0.142 e. The predicted molar refractivity (Wildman–Crippen MR) is 97.8 cm³/mol. The fourth-order valence-electron chi connectivity index (χ4n) is 2.66. The van der Waals surface area contributed by atoms with Crippen LogP contribution in [-0.2, 0) is 22.8 Å². The first-order valence-corrected chi connectivity index (χ1v) is 8.66. The van der Waals surface area contributed by atoms with E-state index < -0.39 is 5.92 Å². The predicted octanol–water partition coefficient (Wildman–Crippen LogP) is 3.50. The van der Waals surface area contributed by atoms with E-state index in [1.807, 2.05) is 47.0 Å². The summed E-state index contributed by atoms with van der Waals surface area (Å²) in [4.78, 5) is 4.70. The Hall–Kier alpha value is -3.18. The highest BCUT2D eigenvalue weighted by Crippen LogP contribution is 2.28. The maximum atomic E-state index is 9.48. The fraction of sp³-hybridized carbons (Fsp3) is 0.400. The van der Waals surface area contributed by atoms with Crippen LogP contribution >= 0.6 is 0 Å². The Bertz CT molecular complexity index is 855. The van der Waals surface area contributed by atoms with Crippen LogP contribution in [0.15, 0.2) is 30.3 Å².